The molecule has 5 nitrogen and oxygen atoms in total. The van der Waals surface area contributed by atoms with Gasteiger partial charge in [0.05, 0.1) is 4.92 Å². The smallest absolute Gasteiger partial charge is 0.292 e. The lowest BCUT2D eigenvalue weighted by atomic mass is 10.1. The van der Waals surface area contributed by atoms with E-state index in [-0.39, 0.29) is 16.7 Å². The van der Waals surface area contributed by atoms with Crippen LogP contribution in [0.5, 0.6) is 0 Å². The molecule has 0 bridgehead atoms. The summed E-state index contributed by atoms with van der Waals surface area (Å²) in [5.74, 6) is 0. The number of hydrogen-bond acceptors (Lipinski definition) is 4. The summed E-state index contributed by atoms with van der Waals surface area (Å²) in [7, 11) is 0. The SMILES string of the molecule is CC(Nc1ccccc1[N+](=O)[O-])c1ccncc1. The van der Waals surface area contributed by atoms with Gasteiger partial charge >= 0.3 is 0 Å². The van der Waals surface area contributed by atoms with E-state index >= 15 is 0 Å². The standard InChI is InChI=1S/C13H13N3O2/c1-10(11-6-8-14-9-7-11)15-12-4-2-3-5-13(12)16(17)18/h2-10,15H,1H3. The minimum absolute atomic E-state index is 0.0194. The van der Waals surface area contributed by atoms with Gasteiger partial charge in [-0.1, -0.05) is 12.1 Å². The Morgan fingerprint density at radius 3 is 2.56 bits per heavy atom. The number of anilines is 1. The summed E-state index contributed by atoms with van der Waals surface area (Å²) in [5.41, 5.74) is 1.63. The molecule has 1 aromatic heterocycles. The monoisotopic (exact) mass is 243 g/mol. The van der Waals surface area contributed by atoms with Crippen molar-refractivity contribution < 1.29 is 4.92 Å². The summed E-state index contributed by atoms with van der Waals surface area (Å²) < 4.78 is 0. The van der Waals surface area contributed by atoms with E-state index in [1.165, 1.54) is 6.07 Å². The van der Waals surface area contributed by atoms with Crippen molar-refractivity contribution in [2.75, 3.05) is 5.32 Å². The van der Waals surface area contributed by atoms with Crippen LogP contribution in [0.4, 0.5) is 11.4 Å². The quantitative estimate of drug-likeness (QED) is 0.661. The molecule has 0 spiro atoms. The van der Waals surface area contributed by atoms with E-state index in [0.717, 1.165) is 5.56 Å². The molecule has 0 radical (unpaired) electrons. The first-order valence-corrected chi connectivity index (χ1v) is 5.58. The summed E-state index contributed by atoms with van der Waals surface area (Å²) in [6, 6.07) is 10.4. The number of nitrogens with one attached hydrogen (secondary N) is 1. The highest BCUT2D eigenvalue weighted by Gasteiger charge is 2.14. The third kappa shape index (κ3) is 2.63. The molecule has 0 saturated heterocycles. The first-order chi connectivity index (χ1) is 8.68. The van der Waals surface area contributed by atoms with Crippen LogP contribution in [0.1, 0.15) is 18.5 Å². The summed E-state index contributed by atoms with van der Waals surface area (Å²) in [5, 5.41) is 14.0. The molecule has 0 amide bonds. The Labute approximate surface area is 105 Å². The maximum Gasteiger partial charge on any atom is 0.292 e. The lowest BCUT2D eigenvalue weighted by Crippen LogP contribution is -2.08. The van der Waals surface area contributed by atoms with Crippen LogP contribution < -0.4 is 5.32 Å². The van der Waals surface area contributed by atoms with E-state index in [4.69, 9.17) is 0 Å². The third-order valence-electron chi connectivity index (χ3n) is 2.68. The molecule has 0 saturated carbocycles. The molecule has 2 aromatic rings. The molecular weight excluding hydrogens is 230 g/mol. The summed E-state index contributed by atoms with van der Waals surface area (Å²) in [6.45, 7) is 1.95. The van der Waals surface area contributed by atoms with Gasteiger partial charge in [0.1, 0.15) is 5.69 Å². The molecule has 1 heterocycles. The van der Waals surface area contributed by atoms with Crippen LogP contribution in [0.15, 0.2) is 48.8 Å². The Morgan fingerprint density at radius 2 is 1.89 bits per heavy atom. The molecule has 2 rings (SSSR count). The topological polar surface area (TPSA) is 68.1 Å². The van der Waals surface area contributed by atoms with E-state index in [0.29, 0.717) is 5.69 Å². The molecule has 1 atom stereocenters. The van der Waals surface area contributed by atoms with Crippen LogP contribution in [0.3, 0.4) is 0 Å². The van der Waals surface area contributed by atoms with E-state index in [9.17, 15) is 10.1 Å². The van der Waals surface area contributed by atoms with Crippen molar-refractivity contribution in [1.82, 2.24) is 4.98 Å². The zero-order valence-corrected chi connectivity index (χ0v) is 9.91. The highest BCUT2D eigenvalue weighted by Crippen LogP contribution is 2.27. The van der Waals surface area contributed by atoms with Crippen LogP contribution in [0, 0.1) is 10.1 Å². The van der Waals surface area contributed by atoms with Crippen LogP contribution in [0.25, 0.3) is 0 Å². The van der Waals surface area contributed by atoms with E-state index in [2.05, 4.69) is 10.3 Å². The van der Waals surface area contributed by atoms with Gasteiger partial charge in [0.15, 0.2) is 0 Å². The van der Waals surface area contributed by atoms with Crippen LogP contribution in [-0.4, -0.2) is 9.91 Å². The zero-order valence-electron chi connectivity index (χ0n) is 9.91. The first-order valence-electron chi connectivity index (χ1n) is 5.58. The van der Waals surface area contributed by atoms with Crippen LogP contribution in [0.2, 0.25) is 0 Å². The average molecular weight is 243 g/mol. The van der Waals surface area contributed by atoms with Gasteiger partial charge in [-0.05, 0) is 30.7 Å². The van der Waals surface area contributed by atoms with Gasteiger partial charge < -0.3 is 5.32 Å². The maximum atomic E-state index is 10.9. The van der Waals surface area contributed by atoms with E-state index < -0.39 is 0 Å². The van der Waals surface area contributed by atoms with Crippen molar-refractivity contribution in [3.8, 4) is 0 Å². The minimum Gasteiger partial charge on any atom is -0.373 e. The van der Waals surface area contributed by atoms with Gasteiger partial charge in [-0.2, -0.15) is 0 Å². The zero-order chi connectivity index (χ0) is 13.0. The Balaban J connectivity index is 2.22. The molecule has 92 valence electrons. The van der Waals surface area contributed by atoms with Gasteiger partial charge in [0.25, 0.3) is 5.69 Å². The normalized spacial score (nSPS) is 11.8. The van der Waals surface area contributed by atoms with Crippen LogP contribution in [-0.2, 0) is 0 Å². The molecular formula is C13H13N3O2. The van der Waals surface area contributed by atoms with Crippen molar-refractivity contribution in [3.05, 3.63) is 64.5 Å². The number of nitro groups is 1. The number of aromatic nitrogens is 1. The number of rotatable bonds is 4. The van der Waals surface area contributed by atoms with Crippen molar-refractivity contribution in [2.24, 2.45) is 0 Å². The molecule has 1 N–H and O–H groups in total. The van der Waals surface area contributed by atoms with Crippen molar-refractivity contribution >= 4 is 11.4 Å². The lowest BCUT2D eigenvalue weighted by molar-refractivity contribution is -0.384. The molecule has 1 aromatic carbocycles. The second-order valence-electron chi connectivity index (χ2n) is 3.92. The second kappa shape index (κ2) is 5.27. The van der Waals surface area contributed by atoms with Gasteiger partial charge in [-0.15, -0.1) is 0 Å². The van der Waals surface area contributed by atoms with Crippen molar-refractivity contribution in [3.63, 3.8) is 0 Å². The predicted octanol–water partition coefficient (Wildman–Crippen LogP) is 3.16. The summed E-state index contributed by atoms with van der Waals surface area (Å²) >= 11 is 0. The first kappa shape index (κ1) is 12.0. The minimum atomic E-state index is -0.387. The molecule has 0 aliphatic carbocycles. The fourth-order valence-corrected chi connectivity index (χ4v) is 1.72. The van der Waals surface area contributed by atoms with Gasteiger partial charge in [-0.3, -0.25) is 15.1 Å². The average Bonchev–Trinajstić information content (AvgIpc) is 2.40. The Bertz CT molecular complexity index is 543. The molecule has 0 aliphatic rings. The summed E-state index contributed by atoms with van der Waals surface area (Å²) in [6.07, 6.45) is 3.40. The third-order valence-corrected chi connectivity index (χ3v) is 2.68. The van der Waals surface area contributed by atoms with Gasteiger partial charge in [-0.25, -0.2) is 0 Å². The number of benzene rings is 1. The van der Waals surface area contributed by atoms with E-state index in [1.54, 1.807) is 30.6 Å². The second-order valence-corrected chi connectivity index (χ2v) is 3.92. The number of nitrogens with zero attached hydrogens (tertiary/aromatic N) is 2. The Morgan fingerprint density at radius 1 is 1.22 bits per heavy atom. The number of hydrogen-bond donors (Lipinski definition) is 1. The molecule has 5 heteroatoms. The van der Waals surface area contributed by atoms with E-state index in [1.807, 2.05) is 19.1 Å². The predicted molar refractivity (Wildman–Crippen MR) is 69.4 cm³/mol. The Hall–Kier alpha value is -2.43. The van der Waals surface area contributed by atoms with Crippen molar-refractivity contribution in [2.45, 2.75) is 13.0 Å². The summed E-state index contributed by atoms with van der Waals surface area (Å²) in [4.78, 5) is 14.5. The highest BCUT2D eigenvalue weighted by atomic mass is 16.6. The molecule has 0 fully saturated rings. The van der Waals surface area contributed by atoms with Crippen molar-refractivity contribution in [1.29, 1.82) is 0 Å². The molecule has 0 aliphatic heterocycles. The molecule has 18 heavy (non-hydrogen) atoms. The number of pyridine rings is 1. The Kier molecular flexibility index (Phi) is 3.52. The highest BCUT2D eigenvalue weighted by molar-refractivity contribution is 5.61. The van der Waals surface area contributed by atoms with Gasteiger partial charge in [0, 0.05) is 24.5 Å². The maximum absolute atomic E-state index is 10.9. The lowest BCUT2D eigenvalue weighted by Gasteiger charge is -2.15. The fraction of sp³-hybridized carbons (Fsp3) is 0.154. The molecule has 1 unspecified atom stereocenters. The number of para-hydroxylation sites is 2. The number of nitro benzene ring substituents is 1. The largest absolute Gasteiger partial charge is 0.373 e. The van der Waals surface area contributed by atoms with Gasteiger partial charge in [0.2, 0.25) is 0 Å². The fourth-order valence-electron chi connectivity index (χ4n) is 1.72. The van der Waals surface area contributed by atoms with Crippen LogP contribution >= 0.6 is 0 Å².